The average molecular weight is 345 g/mol. The molecule has 0 radical (unpaired) electrons. The van der Waals surface area contributed by atoms with E-state index in [0.717, 1.165) is 0 Å². The van der Waals surface area contributed by atoms with Gasteiger partial charge in [0.15, 0.2) is 16.3 Å². The number of methoxy groups -OCH3 is 1. The van der Waals surface area contributed by atoms with E-state index in [2.05, 4.69) is 9.97 Å². The van der Waals surface area contributed by atoms with Crippen molar-refractivity contribution in [2.45, 2.75) is 18.6 Å². The van der Waals surface area contributed by atoms with E-state index in [4.69, 9.17) is 16.3 Å². The van der Waals surface area contributed by atoms with Crippen LogP contribution >= 0.6 is 23.4 Å². The van der Waals surface area contributed by atoms with Crippen LogP contribution in [-0.4, -0.2) is 38.6 Å². The zero-order valence-electron chi connectivity index (χ0n) is 12.6. The van der Waals surface area contributed by atoms with Gasteiger partial charge in [-0.3, -0.25) is 14.3 Å². The van der Waals surface area contributed by atoms with Crippen molar-refractivity contribution >= 4 is 34.5 Å². The van der Waals surface area contributed by atoms with Crippen LogP contribution in [0.5, 0.6) is 0 Å². The number of nitrogens with one attached hydrogen (secondary N) is 1. The smallest absolute Gasteiger partial charge is 0.329 e. The summed E-state index contributed by atoms with van der Waals surface area (Å²) < 4.78 is 8.17. The molecule has 2 aromatic heterocycles. The quantitative estimate of drug-likeness (QED) is 0.799. The summed E-state index contributed by atoms with van der Waals surface area (Å²) in [6.07, 6.45) is 1.86. The fourth-order valence-corrected chi connectivity index (χ4v) is 3.09. The Morgan fingerprint density at radius 1 is 1.50 bits per heavy atom. The number of fused-ring (bicyclic) bond motifs is 1. The van der Waals surface area contributed by atoms with Gasteiger partial charge in [-0.05, 0) is 6.92 Å². The maximum atomic E-state index is 12.1. The van der Waals surface area contributed by atoms with E-state index in [0.29, 0.717) is 40.3 Å². The lowest BCUT2D eigenvalue weighted by molar-refractivity contribution is 0.186. The molecule has 0 saturated heterocycles. The van der Waals surface area contributed by atoms with Gasteiger partial charge in [-0.15, -0.1) is 0 Å². The number of aromatic amines is 1. The largest absolute Gasteiger partial charge is 0.383 e. The molecule has 0 aliphatic carbocycles. The number of aryl methyl sites for hydroxylation is 1. The number of nitrogens with zero attached hydrogens (tertiary/aromatic N) is 3. The molecule has 2 aromatic rings. The number of ether oxygens (including phenoxy) is 1. The predicted octanol–water partition coefficient (Wildman–Crippen LogP) is 1.30. The lowest BCUT2D eigenvalue weighted by Crippen LogP contribution is -2.29. The molecule has 2 heterocycles. The maximum absolute atomic E-state index is 12.1. The van der Waals surface area contributed by atoms with Gasteiger partial charge in [0.05, 0.1) is 6.61 Å². The van der Waals surface area contributed by atoms with Crippen molar-refractivity contribution in [3.05, 3.63) is 31.9 Å². The van der Waals surface area contributed by atoms with Gasteiger partial charge in [-0.25, -0.2) is 9.78 Å². The number of allylic oxidation sites excluding steroid dienone is 1. The van der Waals surface area contributed by atoms with Crippen molar-refractivity contribution in [3.63, 3.8) is 0 Å². The van der Waals surface area contributed by atoms with Crippen LogP contribution in [0.2, 0.25) is 0 Å². The minimum absolute atomic E-state index is 0.360. The summed E-state index contributed by atoms with van der Waals surface area (Å²) in [6.45, 7) is 2.70. The third-order valence-corrected chi connectivity index (χ3v) is 4.13. The zero-order valence-corrected chi connectivity index (χ0v) is 14.1. The van der Waals surface area contributed by atoms with Gasteiger partial charge in [0.1, 0.15) is 0 Å². The molecule has 2 rings (SSSR count). The first-order valence-electron chi connectivity index (χ1n) is 6.59. The molecule has 22 heavy (non-hydrogen) atoms. The molecule has 0 amide bonds. The number of halogens is 1. The number of hydrogen-bond donors (Lipinski definition) is 1. The Labute approximate surface area is 135 Å². The van der Waals surface area contributed by atoms with Gasteiger partial charge in [0.2, 0.25) is 0 Å². The molecule has 1 N–H and O–H groups in total. The first-order chi connectivity index (χ1) is 10.5. The molecule has 0 fully saturated rings. The fourth-order valence-electron chi connectivity index (χ4n) is 1.95. The number of rotatable bonds is 6. The number of aromatic nitrogens is 4. The Kier molecular flexibility index (Phi) is 5.49. The molecule has 0 unspecified atom stereocenters. The van der Waals surface area contributed by atoms with E-state index in [1.807, 2.05) is 6.08 Å². The van der Waals surface area contributed by atoms with Crippen LogP contribution in [0.3, 0.4) is 0 Å². The topological polar surface area (TPSA) is 81.9 Å². The van der Waals surface area contributed by atoms with Crippen LogP contribution in [0.25, 0.3) is 11.2 Å². The third kappa shape index (κ3) is 3.45. The third-order valence-electron chi connectivity index (χ3n) is 3.07. The first-order valence-corrected chi connectivity index (χ1v) is 7.95. The molecule has 9 heteroatoms. The molecule has 0 spiro atoms. The summed E-state index contributed by atoms with van der Waals surface area (Å²) >= 11 is 7.26. The van der Waals surface area contributed by atoms with Gasteiger partial charge in [-0.2, -0.15) is 0 Å². The molecular formula is C13H17ClN4O3S. The highest BCUT2D eigenvalue weighted by molar-refractivity contribution is 7.99. The van der Waals surface area contributed by atoms with Crippen molar-refractivity contribution in [2.75, 3.05) is 19.5 Å². The maximum Gasteiger partial charge on any atom is 0.329 e. The minimum Gasteiger partial charge on any atom is -0.383 e. The average Bonchev–Trinajstić information content (AvgIpc) is 2.81. The van der Waals surface area contributed by atoms with Gasteiger partial charge in [0, 0.05) is 31.5 Å². The van der Waals surface area contributed by atoms with Crippen molar-refractivity contribution in [3.8, 4) is 0 Å². The molecular weight excluding hydrogens is 328 g/mol. The number of H-pyrrole nitrogens is 1. The van der Waals surface area contributed by atoms with E-state index in [-0.39, 0.29) is 0 Å². The lowest BCUT2D eigenvalue weighted by Gasteiger charge is -2.06. The van der Waals surface area contributed by atoms with Crippen LogP contribution in [0.15, 0.2) is 25.9 Å². The second-order valence-corrected chi connectivity index (χ2v) is 6.21. The molecule has 0 aromatic carbocycles. The van der Waals surface area contributed by atoms with Crippen LogP contribution in [0.4, 0.5) is 0 Å². The van der Waals surface area contributed by atoms with Crippen molar-refractivity contribution < 1.29 is 4.74 Å². The van der Waals surface area contributed by atoms with Gasteiger partial charge in [-0.1, -0.05) is 29.4 Å². The Balaban J connectivity index is 2.56. The van der Waals surface area contributed by atoms with E-state index in [1.165, 1.54) is 16.3 Å². The SMILES string of the molecule is COCCn1c(SC/C=C(\C)Cl)nc2c1c(=O)[nH]c(=O)n2C. The number of imidazole rings is 1. The monoisotopic (exact) mass is 344 g/mol. The van der Waals surface area contributed by atoms with Crippen molar-refractivity contribution in [1.29, 1.82) is 0 Å². The zero-order chi connectivity index (χ0) is 16.3. The summed E-state index contributed by atoms with van der Waals surface area (Å²) in [7, 11) is 3.16. The Bertz CT molecular complexity index is 817. The Hall–Kier alpha value is -1.51. The summed E-state index contributed by atoms with van der Waals surface area (Å²) in [6, 6.07) is 0. The van der Waals surface area contributed by atoms with E-state index in [9.17, 15) is 9.59 Å². The van der Waals surface area contributed by atoms with Crippen LogP contribution in [-0.2, 0) is 18.3 Å². The molecule has 7 nitrogen and oxygen atoms in total. The predicted molar refractivity (Wildman–Crippen MR) is 87.8 cm³/mol. The number of thioether (sulfide) groups is 1. The summed E-state index contributed by atoms with van der Waals surface area (Å²) in [5.41, 5.74) is -0.202. The molecule has 120 valence electrons. The molecule has 0 atom stereocenters. The highest BCUT2D eigenvalue weighted by Gasteiger charge is 2.17. The molecule has 0 bridgehead atoms. The van der Waals surface area contributed by atoms with Crippen LogP contribution in [0, 0.1) is 0 Å². The van der Waals surface area contributed by atoms with Crippen molar-refractivity contribution in [1.82, 2.24) is 19.1 Å². The standard InChI is InChI=1S/C13H17ClN4O3S/c1-8(14)4-7-22-13-15-10-9(18(13)5-6-21-3)11(19)16-12(20)17(10)2/h4H,5-7H2,1-3H3,(H,16,19,20)/b8-4+. The Morgan fingerprint density at radius 2 is 2.23 bits per heavy atom. The summed E-state index contributed by atoms with van der Waals surface area (Å²) in [5.74, 6) is 0.623. The van der Waals surface area contributed by atoms with Crippen LogP contribution in [0.1, 0.15) is 6.92 Å². The second-order valence-electron chi connectivity index (χ2n) is 4.63. The normalized spacial score (nSPS) is 12.3. The fraction of sp³-hybridized carbons (Fsp3) is 0.462. The van der Waals surface area contributed by atoms with E-state index >= 15 is 0 Å². The van der Waals surface area contributed by atoms with E-state index < -0.39 is 11.2 Å². The van der Waals surface area contributed by atoms with E-state index in [1.54, 1.807) is 25.6 Å². The summed E-state index contributed by atoms with van der Waals surface area (Å²) in [5, 5.41) is 1.34. The first kappa shape index (κ1) is 16.9. The minimum atomic E-state index is -0.484. The Morgan fingerprint density at radius 3 is 2.86 bits per heavy atom. The molecule has 0 aliphatic rings. The second kappa shape index (κ2) is 7.17. The molecule has 0 saturated carbocycles. The highest BCUT2D eigenvalue weighted by atomic mass is 35.5. The van der Waals surface area contributed by atoms with Gasteiger partial charge >= 0.3 is 5.69 Å². The van der Waals surface area contributed by atoms with Gasteiger partial charge in [0.25, 0.3) is 5.56 Å². The summed E-state index contributed by atoms with van der Waals surface area (Å²) in [4.78, 5) is 30.5. The highest BCUT2D eigenvalue weighted by Crippen LogP contribution is 2.22. The molecule has 0 aliphatic heterocycles. The van der Waals surface area contributed by atoms with Crippen molar-refractivity contribution in [2.24, 2.45) is 7.05 Å². The number of hydrogen-bond acceptors (Lipinski definition) is 5. The van der Waals surface area contributed by atoms with Crippen LogP contribution < -0.4 is 11.2 Å². The lowest BCUT2D eigenvalue weighted by atomic mass is 10.5. The van der Waals surface area contributed by atoms with Gasteiger partial charge < -0.3 is 9.30 Å².